The molecule has 1 fully saturated rings. The summed E-state index contributed by atoms with van der Waals surface area (Å²) in [6, 6.07) is 8.45. The van der Waals surface area contributed by atoms with Crippen molar-refractivity contribution in [3.63, 3.8) is 0 Å². The van der Waals surface area contributed by atoms with Gasteiger partial charge in [-0.2, -0.15) is 0 Å². The molecule has 0 radical (unpaired) electrons. The van der Waals surface area contributed by atoms with Crippen molar-refractivity contribution < 1.29 is 28.5 Å². The number of pyridine rings is 1. The fourth-order valence-corrected chi connectivity index (χ4v) is 5.10. The summed E-state index contributed by atoms with van der Waals surface area (Å²) < 4.78 is 32.4. The van der Waals surface area contributed by atoms with Gasteiger partial charge in [-0.05, 0) is 68.1 Å². The average molecular weight is 529 g/mol. The SMILES string of the molecule is COc1ccc2ncc(Cl)c([C@H](O)CCC3CCN(CC#Cc4cc(F)ccc4F)CC3C(=O)O)c2c1. The summed E-state index contributed by atoms with van der Waals surface area (Å²) in [6.45, 7) is 1.14. The van der Waals surface area contributed by atoms with Crippen molar-refractivity contribution in [2.75, 3.05) is 26.7 Å². The van der Waals surface area contributed by atoms with Crippen molar-refractivity contribution >= 4 is 28.5 Å². The molecule has 9 heteroatoms. The number of nitrogens with zero attached hydrogens (tertiary/aromatic N) is 2. The van der Waals surface area contributed by atoms with E-state index in [1.807, 2.05) is 4.90 Å². The Kier molecular flexibility index (Phi) is 8.59. The third-order valence-corrected chi connectivity index (χ3v) is 7.12. The van der Waals surface area contributed by atoms with Crippen LogP contribution in [0.3, 0.4) is 0 Å². The van der Waals surface area contributed by atoms with Crippen LogP contribution in [-0.2, 0) is 4.79 Å². The molecular formula is C28H27ClF2N2O4. The monoisotopic (exact) mass is 528 g/mol. The van der Waals surface area contributed by atoms with Crippen LogP contribution in [0.25, 0.3) is 10.9 Å². The summed E-state index contributed by atoms with van der Waals surface area (Å²) in [7, 11) is 1.55. The molecule has 3 atom stereocenters. The predicted molar refractivity (Wildman–Crippen MR) is 136 cm³/mol. The van der Waals surface area contributed by atoms with Crippen LogP contribution in [0.15, 0.2) is 42.6 Å². The zero-order chi connectivity index (χ0) is 26.5. The van der Waals surface area contributed by atoms with Gasteiger partial charge in [-0.3, -0.25) is 14.7 Å². The molecule has 4 rings (SSSR count). The van der Waals surface area contributed by atoms with E-state index in [0.717, 1.165) is 18.2 Å². The minimum Gasteiger partial charge on any atom is -0.497 e. The van der Waals surface area contributed by atoms with Crippen molar-refractivity contribution in [1.29, 1.82) is 0 Å². The van der Waals surface area contributed by atoms with Gasteiger partial charge in [-0.15, -0.1) is 0 Å². The van der Waals surface area contributed by atoms with Crippen molar-refractivity contribution in [2.24, 2.45) is 11.8 Å². The fraction of sp³-hybridized carbons (Fsp3) is 0.357. The average Bonchev–Trinajstić information content (AvgIpc) is 2.89. The van der Waals surface area contributed by atoms with Crippen molar-refractivity contribution in [2.45, 2.75) is 25.4 Å². The highest BCUT2D eigenvalue weighted by Gasteiger charge is 2.34. The Morgan fingerprint density at radius 3 is 2.86 bits per heavy atom. The van der Waals surface area contributed by atoms with Gasteiger partial charge >= 0.3 is 5.97 Å². The molecule has 0 bridgehead atoms. The van der Waals surface area contributed by atoms with Crippen molar-refractivity contribution in [1.82, 2.24) is 9.88 Å². The molecule has 2 N–H and O–H groups in total. The lowest BCUT2D eigenvalue weighted by Crippen LogP contribution is -2.44. The Bertz CT molecular complexity index is 1360. The molecule has 1 aliphatic heterocycles. The number of rotatable bonds is 7. The predicted octanol–water partition coefficient (Wildman–Crippen LogP) is 5.06. The van der Waals surface area contributed by atoms with E-state index in [9.17, 15) is 23.8 Å². The standard InChI is InChI=1S/C28H27ClF2N2O4/c1-37-20-6-8-25-21(14-20)27(23(29)15-32-25)26(34)9-4-17-10-12-33(16-22(17)28(35)36)11-2-3-18-13-19(30)5-7-24(18)31/h5-8,13-15,17,22,26,34H,4,9-12,16H2,1H3,(H,35,36)/t17?,22?,26-/m1/s1. The number of methoxy groups -OCH3 is 1. The lowest BCUT2D eigenvalue weighted by atomic mass is 9.81. The van der Waals surface area contributed by atoms with Gasteiger partial charge in [0.25, 0.3) is 0 Å². The quantitative estimate of drug-likeness (QED) is 0.417. The normalized spacial score (nSPS) is 18.7. The number of benzene rings is 2. The largest absolute Gasteiger partial charge is 0.497 e. The van der Waals surface area contributed by atoms with Gasteiger partial charge in [-0.1, -0.05) is 23.4 Å². The Morgan fingerprint density at radius 1 is 1.30 bits per heavy atom. The molecule has 2 unspecified atom stereocenters. The number of aromatic nitrogens is 1. The maximum Gasteiger partial charge on any atom is 0.308 e. The van der Waals surface area contributed by atoms with E-state index in [-0.39, 0.29) is 24.6 Å². The van der Waals surface area contributed by atoms with Gasteiger partial charge in [0.2, 0.25) is 0 Å². The van der Waals surface area contributed by atoms with Gasteiger partial charge in [-0.25, -0.2) is 8.78 Å². The van der Waals surface area contributed by atoms with Crippen LogP contribution >= 0.6 is 11.6 Å². The third kappa shape index (κ3) is 6.37. The third-order valence-electron chi connectivity index (χ3n) is 6.82. The minimum atomic E-state index is -0.912. The Labute approximate surface area is 218 Å². The maximum atomic E-state index is 13.8. The van der Waals surface area contributed by atoms with Crippen molar-refractivity contribution in [3.05, 3.63) is 70.4 Å². The second-order valence-corrected chi connectivity index (χ2v) is 9.56. The van der Waals surface area contributed by atoms with Crippen molar-refractivity contribution in [3.8, 4) is 17.6 Å². The van der Waals surface area contributed by atoms with E-state index in [0.29, 0.717) is 53.0 Å². The lowest BCUT2D eigenvalue weighted by molar-refractivity contribution is -0.146. The Morgan fingerprint density at radius 2 is 2.11 bits per heavy atom. The number of aliphatic hydroxyl groups is 1. The molecule has 194 valence electrons. The zero-order valence-electron chi connectivity index (χ0n) is 20.3. The van der Waals surface area contributed by atoms with Crippen LogP contribution in [-0.4, -0.2) is 52.8 Å². The van der Waals surface area contributed by atoms with Gasteiger partial charge in [0.15, 0.2) is 0 Å². The molecule has 0 saturated carbocycles. The smallest absolute Gasteiger partial charge is 0.308 e. The van der Waals surface area contributed by atoms with E-state index in [4.69, 9.17) is 16.3 Å². The summed E-state index contributed by atoms with van der Waals surface area (Å²) in [6.07, 6.45) is 2.05. The van der Waals surface area contributed by atoms with Crippen LogP contribution in [0.2, 0.25) is 5.02 Å². The number of aliphatic carboxylic acids is 1. The maximum absolute atomic E-state index is 13.8. The molecular weight excluding hydrogens is 502 g/mol. The second kappa shape index (κ2) is 11.9. The number of hydrogen-bond donors (Lipinski definition) is 2. The number of ether oxygens (including phenoxy) is 1. The second-order valence-electron chi connectivity index (χ2n) is 9.15. The molecule has 0 spiro atoms. The minimum absolute atomic E-state index is 0.0291. The first kappa shape index (κ1) is 26.8. The highest BCUT2D eigenvalue weighted by atomic mass is 35.5. The summed E-state index contributed by atoms with van der Waals surface area (Å²) in [5.74, 6) is 3.21. The highest BCUT2D eigenvalue weighted by molar-refractivity contribution is 6.32. The van der Waals surface area contributed by atoms with Gasteiger partial charge in [0.05, 0.1) is 41.8 Å². The molecule has 6 nitrogen and oxygen atoms in total. The topological polar surface area (TPSA) is 82.9 Å². The number of halogens is 3. The van der Waals surface area contributed by atoms with Gasteiger partial charge in [0.1, 0.15) is 17.4 Å². The van der Waals surface area contributed by atoms with Crippen LogP contribution in [0.1, 0.15) is 36.5 Å². The van der Waals surface area contributed by atoms with Crippen LogP contribution < -0.4 is 4.74 Å². The van der Waals surface area contributed by atoms with E-state index >= 15 is 0 Å². The van der Waals surface area contributed by atoms with Crippen LogP contribution in [0.4, 0.5) is 8.78 Å². The summed E-state index contributed by atoms with van der Waals surface area (Å²) in [5.41, 5.74) is 1.20. The molecule has 3 aromatic rings. The van der Waals surface area contributed by atoms with E-state index in [1.54, 1.807) is 25.3 Å². The summed E-state index contributed by atoms with van der Waals surface area (Å²) >= 11 is 6.40. The van der Waals surface area contributed by atoms with E-state index in [2.05, 4.69) is 16.8 Å². The lowest BCUT2D eigenvalue weighted by Gasteiger charge is -2.36. The molecule has 2 aromatic carbocycles. The fourth-order valence-electron chi connectivity index (χ4n) is 4.83. The molecule has 2 heterocycles. The first-order chi connectivity index (χ1) is 17.8. The number of carboxylic acid groups (broad SMARTS) is 1. The molecule has 0 aliphatic carbocycles. The Hall–Kier alpha value is -3.25. The molecule has 1 aromatic heterocycles. The number of fused-ring (bicyclic) bond motifs is 1. The number of hydrogen-bond acceptors (Lipinski definition) is 5. The number of aliphatic hydroxyl groups excluding tert-OH is 1. The van der Waals surface area contributed by atoms with E-state index in [1.165, 1.54) is 6.20 Å². The number of carboxylic acids is 1. The molecule has 37 heavy (non-hydrogen) atoms. The number of carbonyl (C=O) groups is 1. The summed E-state index contributed by atoms with van der Waals surface area (Å²) in [5, 5.41) is 21.9. The first-order valence-corrected chi connectivity index (χ1v) is 12.3. The molecule has 0 amide bonds. The van der Waals surface area contributed by atoms with Gasteiger partial charge in [0, 0.05) is 23.7 Å². The highest BCUT2D eigenvalue weighted by Crippen LogP contribution is 2.36. The summed E-state index contributed by atoms with van der Waals surface area (Å²) in [4.78, 5) is 18.3. The number of likely N-dealkylation sites (tertiary alicyclic amines) is 1. The Balaban J connectivity index is 1.41. The zero-order valence-corrected chi connectivity index (χ0v) is 21.0. The first-order valence-electron chi connectivity index (χ1n) is 12.0. The molecule has 1 saturated heterocycles. The van der Waals surface area contributed by atoms with Crippen LogP contribution in [0, 0.1) is 35.3 Å². The molecule has 1 aliphatic rings. The van der Waals surface area contributed by atoms with Crippen LogP contribution in [0.5, 0.6) is 5.75 Å². The van der Waals surface area contributed by atoms with Gasteiger partial charge < -0.3 is 14.9 Å². The number of piperidine rings is 1. The van der Waals surface area contributed by atoms with E-state index < -0.39 is 29.6 Å².